The molecule has 4 nitrogen and oxygen atoms in total. The molecule has 0 fully saturated rings. The van der Waals surface area contributed by atoms with Crippen LogP contribution in [0.5, 0.6) is 17.2 Å². The van der Waals surface area contributed by atoms with E-state index in [9.17, 15) is 0 Å². The molecule has 0 bridgehead atoms. The summed E-state index contributed by atoms with van der Waals surface area (Å²) >= 11 is 0. The molecular formula is C26H31NO3. The van der Waals surface area contributed by atoms with Crippen molar-refractivity contribution in [3.8, 4) is 17.2 Å². The number of rotatable bonds is 11. The van der Waals surface area contributed by atoms with E-state index >= 15 is 0 Å². The van der Waals surface area contributed by atoms with Crippen molar-refractivity contribution in [3.63, 3.8) is 0 Å². The van der Waals surface area contributed by atoms with E-state index in [0.717, 1.165) is 36.8 Å². The van der Waals surface area contributed by atoms with E-state index in [-0.39, 0.29) is 0 Å². The Bertz CT molecular complexity index is 922. The minimum atomic E-state index is 0.534. The van der Waals surface area contributed by atoms with Crippen molar-refractivity contribution in [2.75, 3.05) is 20.3 Å². The number of nitrogens with one attached hydrogen (secondary N) is 1. The highest BCUT2D eigenvalue weighted by Gasteiger charge is 2.08. The van der Waals surface area contributed by atoms with Crippen LogP contribution in [-0.4, -0.2) is 20.3 Å². The van der Waals surface area contributed by atoms with Crippen LogP contribution in [0, 0.1) is 6.92 Å². The van der Waals surface area contributed by atoms with Crippen LogP contribution in [0.1, 0.15) is 29.2 Å². The molecule has 0 aliphatic rings. The Labute approximate surface area is 179 Å². The van der Waals surface area contributed by atoms with Gasteiger partial charge in [-0.15, -0.1) is 0 Å². The normalized spacial score (nSPS) is 10.6. The van der Waals surface area contributed by atoms with Crippen LogP contribution >= 0.6 is 0 Å². The molecule has 158 valence electrons. The highest BCUT2D eigenvalue weighted by molar-refractivity contribution is 5.43. The van der Waals surface area contributed by atoms with Gasteiger partial charge < -0.3 is 19.5 Å². The Morgan fingerprint density at radius 3 is 2.33 bits per heavy atom. The number of hydrogen-bond acceptors (Lipinski definition) is 4. The average molecular weight is 406 g/mol. The second kappa shape index (κ2) is 11.3. The number of methoxy groups -OCH3 is 1. The van der Waals surface area contributed by atoms with Gasteiger partial charge in [-0.25, -0.2) is 0 Å². The molecule has 0 heterocycles. The molecule has 3 rings (SSSR count). The van der Waals surface area contributed by atoms with E-state index in [4.69, 9.17) is 14.2 Å². The lowest BCUT2D eigenvalue weighted by Gasteiger charge is -2.15. The fourth-order valence-electron chi connectivity index (χ4n) is 3.24. The molecule has 30 heavy (non-hydrogen) atoms. The molecule has 0 radical (unpaired) electrons. The van der Waals surface area contributed by atoms with Gasteiger partial charge in [-0.05, 0) is 73.3 Å². The van der Waals surface area contributed by atoms with Gasteiger partial charge in [0, 0.05) is 6.54 Å². The van der Waals surface area contributed by atoms with Gasteiger partial charge in [-0.1, -0.05) is 42.5 Å². The lowest BCUT2D eigenvalue weighted by molar-refractivity contribution is 0.268. The van der Waals surface area contributed by atoms with Gasteiger partial charge in [0.15, 0.2) is 11.5 Å². The largest absolute Gasteiger partial charge is 0.497 e. The summed E-state index contributed by atoms with van der Waals surface area (Å²) in [5.74, 6) is 2.46. The van der Waals surface area contributed by atoms with Crippen molar-refractivity contribution in [3.05, 3.63) is 89.0 Å². The molecule has 0 unspecified atom stereocenters. The molecule has 3 aromatic rings. The standard InChI is InChI=1S/C26H31NO3/c1-4-29-26-17-22(18-27-16-15-21-9-12-24(28-3)13-10-21)11-14-25(26)30-19-23-8-6-5-7-20(23)2/h5-14,17,27H,4,15-16,18-19H2,1-3H3. The molecule has 0 aliphatic carbocycles. The van der Waals surface area contributed by atoms with Gasteiger partial charge in [0.1, 0.15) is 12.4 Å². The van der Waals surface area contributed by atoms with Crippen LogP contribution in [0.4, 0.5) is 0 Å². The van der Waals surface area contributed by atoms with Crippen molar-refractivity contribution < 1.29 is 14.2 Å². The first-order chi connectivity index (χ1) is 14.7. The molecule has 0 amide bonds. The Morgan fingerprint density at radius 1 is 0.833 bits per heavy atom. The summed E-state index contributed by atoms with van der Waals surface area (Å²) < 4.78 is 17.1. The van der Waals surface area contributed by atoms with Crippen LogP contribution in [0.25, 0.3) is 0 Å². The minimum absolute atomic E-state index is 0.534. The van der Waals surface area contributed by atoms with Gasteiger partial charge in [0.25, 0.3) is 0 Å². The maximum Gasteiger partial charge on any atom is 0.161 e. The molecule has 0 saturated heterocycles. The molecule has 4 heteroatoms. The average Bonchev–Trinajstić information content (AvgIpc) is 2.78. The highest BCUT2D eigenvalue weighted by Crippen LogP contribution is 2.29. The SMILES string of the molecule is CCOc1cc(CNCCc2ccc(OC)cc2)ccc1OCc1ccccc1C. The quantitative estimate of drug-likeness (QED) is 0.439. The summed E-state index contributed by atoms with van der Waals surface area (Å²) in [5.41, 5.74) is 4.88. The fourth-order valence-corrected chi connectivity index (χ4v) is 3.24. The van der Waals surface area contributed by atoms with Crippen molar-refractivity contribution in [1.82, 2.24) is 5.32 Å². The Kier molecular flexibility index (Phi) is 8.16. The van der Waals surface area contributed by atoms with Gasteiger partial charge in [-0.3, -0.25) is 0 Å². The first-order valence-corrected chi connectivity index (χ1v) is 10.5. The monoisotopic (exact) mass is 405 g/mol. The van der Waals surface area contributed by atoms with E-state index in [1.54, 1.807) is 7.11 Å². The molecule has 0 aliphatic heterocycles. The van der Waals surface area contributed by atoms with Gasteiger partial charge in [0.2, 0.25) is 0 Å². The molecule has 0 saturated carbocycles. The molecule has 0 atom stereocenters. The van der Waals surface area contributed by atoms with Crippen LogP contribution in [0.15, 0.2) is 66.7 Å². The van der Waals surface area contributed by atoms with Crippen molar-refractivity contribution in [2.24, 2.45) is 0 Å². The predicted octanol–water partition coefficient (Wildman–Crippen LogP) is 5.31. The Hall–Kier alpha value is -2.98. The van der Waals surface area contributed by atoms with Crippen LogP contribution in [0.3, 0.4) is 0 Å². The molecule has 0 spiro atoms. The number of aryl methyl sites for hydroxylation is 1. The summed E-state index contributed by atoms with van der Waals surface area (Å²) in [6.45, 7) is 6.92. The Balaban J connectivity index is 1.53. The summed E-state index contributed by atoms with van der Waals surface area (Å²) in [6, 6.07) is 22.6. The summed E-state index contributed by atoms with van der Waals surface area (Å²) in [5, 5.41) is 3.51. The molecule has 1 N–H and O–H groups in total. The van der Waals surface area contributed by atoms with Crippen LogP contribution in [0.2, 0.25) is 0 Å². The van der Waals surface area contributed by atoms with Crippen molar-refractivity contribution in [1.29, 1.82) is 0 Å². The minimum Gasteiger partial charge on any atom is -0.497 e. The number of benzene rings is 3. The maximum atomic E-state index is 6.06. The third-order valence-corrected chi connectivity index (χ3v) is 5.03. The first kappa shape index (κ1) is 21.7. The van der Waals surface area contributed by atoms with E-state index in [2.05, 4.69) is 48.6 Å². The second-order valence-electron chi connectivity index (χ2n) is 7.20. The van der Waals surface area contributed by atoms with Crippen LogP contribution < -0.4 is 19.5 Å². The predicted molar refractivity (Wildman–Crippen MR) is 122 cm³/mol. The summed E-state index contributed by atoms with van der Waals surface area (Å²) in [7, 11) is 1.69. The topological polar surface area (TPSA) is 39.7 Å². The van der Waals surface area contributed by atoms with Gasteiger partial charge >= 0.3 is 0 Å². The van der Waals surface area contributed by atoms with E-state index in [0.29, 0.717) is 13.2 Å². The smallest absolute Gasteiger partial charge is 0.161 e. The molecule has 3 aromatic carbocycles. The first-order valence-electron chi connectivity index (χ1n) is 10.5. The van der Waals surface area contributed by atoms with E-state index in [1.165, 1.54) is 22.3 Å². The number of hydrogen-bond donors (Lipinski definition) is 1. The van der Waals surface area contributed by atoms with E-state index in [1.807, 2.05) is 37.3 Å². The zero-order valence-corrected chi connectivity index (χ0v) is 18.1. The summed E-state index contributed by atoms with van der Waals surface area (Å²) in [4.78, 5) is 0. The third kappa shape index (κ3) is 6.26. The number of ether oxygens (including phenoxy) is 3. The zero-order valence-electron chi connectivity index (χ0n) is 18.1. The van der Waals surface area contributed by atoms with Gasteiger partial charge in [0.05, 0.1) is 13.7 Å². The third-order valence-electron chi connectivity index (χ3n) is 5.03. The second-order valence-corrected chi connectivity index (χ2v) is 7.20. The lowest BCUT2D eigenvalue weighted by Crippen LogP contribution is -2.16. The molecular weight excluding hydrogens is 374 g/mol. The molecule has 0 aromatic heterocycles. The summed E-state index contributed by atoms with van der Waals surface area (Å²) in [6.07, 6.45) is 0.972. The van der Waals surface area contributed by atoms with Crippen molar-refractivity contribution in [2.45, 2.75) is 33.4 Å². The Morgan fingerprint density at radius 2 is 1.60 bits per heavy atom. The van der Waals surface area contributed by atoms with Crippen LogP contribution in [-0.2, 0) is 19.6 Å². The highest BCUT2D eigenvalue weighted by atomic mass is 16.5. The maximum absolute atomic E-state index is 6.06. The fraction of sp³-hybridized carbons (Fsp3) is 0.308. The van der Waals surface area contributed by atoms with Gasteiger partial charge in [-0.2, -0.15) is 0 Å². The van der Waals surface area contributed by atoms with Crippen molar-refractivity contribution >= 4 is 0 Å². The van der Waals surface area contributed by atoms with E-state index < -0.39 is 0 Å². The lowest BCUT2D eigenvalue weighted by atomic mass is 10.1. The zero-order chi connectivity index (χ0) is 21.2.